The molecule has 0 aromatic carbocycles. The lowest BCUT2D eigenvalue weighted by Crippen LogP contribution is -2.38. The van der Waals surface area contributed by atoms with Crippen molar-refractivity contribution in [2.24, 2.45) is 11.8 Å². The molecule has 0 spiro atoms. The van der Waals surface area contributed by atoms with Crippen LogP contribution in [0.3, 0.4) is 0 Å². The van der Waals surface area contributed by atoms with E-state index in [0.29, 0.717) is 11.1 Å². The monoisotopic (exact) mass is 256 g/mol. The average Bonchev–Trinajstić information content (AvgIpc) is 2.75. The molecule has 0 atom stereocenters. The largest absolute Gasteiger partial charge is 0.465 e. The van der Waals surface area contributed by atoms with E-state index in [4.69, 9.17) is 4.74 Å². The molecule has 0 amide bonds. The van der Waals surface area contributed by atoms with E-state index in [-0.39, 0.29) is 17.8 Å². The van der Waals surface area contributed by atoms with E-state index in [0.717, 1.165) is 0 Å². The Morgan fingerprint density at radius 3 is 2.24 bits per heavy atom. The second-order valence-corrected chi connectivity index (χ2v) is 5.57. The van der Waals surface area contributed by atoms with Crippen molar-refractivity contribution >= 4 is 17.3 Å². The number of carbonyl (C=O) groups excluding carboxylic acids is 1. The van der Waals surface area contributed by atoms with E-state index >= 15 is 0 Å². The summed E-state index contributed by atoms with van der Waals surface area (Å²) < 4.78 is 4.75. The summed E-state index contributed by atoms with van der Waals surface area (Å²) in [4.78, 5) is 11.7. The van der Waals surface area contributed by atoms with E-state index in [2.05, 4.69) is 0 Å². The summed E-state index contributed by atoms with van der Waals surface area (Å²) in [7, 11) is 1.35. The molecular weight excluding hydrogens is 236 g/mol. The Kier molecular flexibility index (Phi) is 4.33. The molecule has 4 heteroatoms. The zero-order chi connectivity index (χ0) is 13.2. The lowest BCUT2D eigenvalue weighted by molar-refractivity contribution is -0.0535. The second kappa shape index (κ2) is 5.19. The Balaban J connectivity index is 3.30. The molecule has 0 aliphatic heterocycles. The number of thiophene rings is 1. The molecule has 0 unspecified atom stereocenters. The van der Waals surface area contributed by atoms with Crippen molar-refractivity contribution in [1.29, 1.82) is 0 Å². The first-order valence-corrected chi connectivity index (χ1v) is 6.67. The first kappa shape index (κ1) is 14.2. The van der Waals surface area contributed by atoms with Crippen LogP contribution in [0.4, 0.5) is 0 Å². The van der Waals surface area contributed by atoms with Gasteiger partial charge in [0, 0.05) is 10.9 Å². The maximum absolute atomic E-state index is 11.7. The molecule has 1 aromatic rings. The smallest absolute Gasteiger partial charge is 0.339 e. The van der Waals surface area contributed by atoms with Crippen molar-refractivity contribution in [3.05, 3.63) is 21.9 Å². The highest BCUT2D eigenvalue weighted by Crippen LogP contribution is 2.40. The molecule has 0 aliphatic carbocycles. The van der Waals surface area contributed by atoms with Gasteiger partial charge in [-0.25, -0.2) is 4.79 Å². The first-order valence-electron chi connectivity index (χ1n) is 5.73. The highest BCUT2D eigenvalue weighted by atomic mass is 32.1. The molecule has 1 rings (SSSR count). The summed E-state index contributed by atoms with van der Waals surface area (Å²) in [6, 6.07) is 0. The molecule has 0 radical (unpaired) electrons. The number of carbonyl (C=O) groups is 1. The van der Waals surface area contributed by atoms with Gasteiger partial charge in [0.15, 0.2) is 0 Å². The fraction of sp³-hybridized carbons (Fsp3) is 0.615. The van der Waals surface area contributed by atoms with Crippen LogP contribution >= 0.6 is 11.3 Å². The van der Waals surface area contributed by atoms with Crippen LogP contribution in [0.2, 0.25) is 0 Å². The molecule has 96 valence electrons. The van der Waals surface area contributed by atoms with Crippen LogP contribution in [0.25, 0.3) is 0 Å². The maximum atomic E-state index is 11.7. The Hall–Kier alpha value is -0.870. The molecular formula is C13H20O3S. The van der Waals surface area contributed by atoms with Crippen molar-refractivity contribution < 1.29 is 14.6 Å². The van der Waals surface area contributed by atoms with E-state index in [9.17, 15) is 9.90 Å². The molecule has 0 bridgehead atoms. The van der Waals surface area contributed by atoms with Gasteiger partial charge in [0.2, 0.25) is 0 Å². The summed E-state index contributed by atoms with van der Waals surface area (Å²) in [5, 5.41) is 14.4. The molecule has 1 aromatic heterocycles. The lowest BCUT2D eigenvalue weighted by atomic mass is 9.75. The summed E-state index contributed by atoms with van der Waals surface area (Å²) in [6.07, 6.45) is 0. The summed E-state index contributed by atoms with van der Waals surface area (Å²) in [5.74, 6) is -0.331. The molecule has 17 heavy (non-hydrogen) atoms. The van der Waals surface area contributed by atoms with Gasteiger partial charge < -0.3 is 9.84 Å². The Morgan fingerprint density at radius 2 is 1.82 bits per heavy atom. The van der Waals surface area contributed by atoms with Crippen LogP contribution in [0, 0.1) is 11.8 Å². The van der Waals surface area contributed by atoms with Crippen LogP contribution < -0.4 is 0 Å². The molecule has 0 saturated carbocycles. The zero-order valence-corrected chi connectivity index (χ0v) is 11.8. The highest BCUT2D eigenvalue weighted by Gasteiger charge is 2.40. The number of hydrogen-bond donors (Lipinski definition) is 1. The van der Waals surface area contributed by atoms with Gasteiger partial charge in [0.1, 0.15) is 0 Å². The van der Waals surface area contributed by atoms with Crippen molar-refractivity contribution in [2.45, 2.75) is 33.3 Å². The molecule has 3 nitrogen and oxygen atoms in total. The van der Waals surface area contributed by atoms with Crippen molar-refractivity contribution in [1.82, 2.24) is 0 Å². The van der Waals surface area contributed by atoms with Gasteiger partial charge in [-0.2, -0.15) is 11.3 Å². The van der Waals surface area contributed by atoms with Crippen molar-refractivity contribution in [2.75, 3.05) is 7.11 Å². The SMILES string of the molecule is COC(=O)c1cscc1C(O)(C(C)C)C(C)C. The van der Waals surface area contributed by atoms with E-state index in [1.54, 1.807) is 5.38 Å². The van der Waals surface area contributed by atoms with Crippen LogP contribution in [0.15, 0.2) is 10.8 Å². The quantitative estimate of drug-likeness (QED) is 0.842. The lowest BCUT2D eigenvalue weighted by Gasteiger charge is -2.36. The molecule has 1 N–H and O–H groups in total. The average molecular weight is 256 g/mol. The minimum absolute atomic E-state index is 0.0282. The van der Waals surface area contributed by atoms with Crippen LogP contribution in [-0.4, -0.2) is 18.2 Å². The fourth-order valence-electron chi connectivity index (χ4n) is 2.16. The number of esters is 1. The molecule has 0 aliphatic rings. The topological polar surface area (TPSA) is 46.5 Å². The minimum atomic E-state index is -0.997. The number of methoxy groups -OCH3 is 1. The van der Waals surface area contributed by atoms with Gasteiger partial charge in [-0.1, -0.05) is 27.7 Å². The van der Waals surface area contributed by atoms with Crippen LogP contribution in [0.1, 0.15) is 43.6 Å². The third kappa shape index (κ3) is 2.38. The molecule has 0 saturated heterocycles. The third-order valence-electron chi connectivity index (χ3n) is 3.26. The van der Waals surface area contributed by atoms with E-state index in [1.165, 1.54) is 18.4 Å². The normalized spacial score (nSPS) is 12.2. The number of aliphatic hydroxyl groups is 1. The first-order chi connectivity index (χ1) is 7.85. The van der Waals surface area contributed by atoms with Crippen LogP contribution in [0.5, 0.6) is 0 Å². The third-order valence-corrected chi connectivity index (χ3v) is 4.00. The van der Waals surface area contributed by atoms with Gasteiger partial charge in [0.25, 0.3) is 0 Å². The molecule has 0 fully saturated rings. The predicted molar refractivity (Wildman–Crippen MR) is 69.2 cm³/mol. The highest BCUT2D eigenvalue weighted by molar-refractivity contribution is 7.08. The number of ether oxygens (including phenoxy) is 1. The van der Waals surface area contributed by atoms with Gasteiger partial charge in [0.05, 0.1) is 18.3 Å². The van der Waals surface area contributed by atoms with E-state index < -0.39 is 5.60 Å². The second-order valence-electron chi connectivity index (χ2n) is 4.83. The van der Waals surface area contributed by atoms with Gasteiger partial charge >= 0.3 is 5.97 Å². The Labute approximate surface area is 106 Å². The number of rotatable bonds is 4. The summed E-state index contributed by atoms with van der Waals surface area (Å²) in [6.45, 7) is 7.83. The van der Waals surface area contributed by atoms with Gasteiger partial charge in [-0.3, -0.25) is 0 Å². The van der Waals surface area contributed by atoms with E-state index in [1.807, 2.05) is 33.1 Å². The molecule has 1 heterocycles. The maximum Gasteiger partial charge on any atom is 0.339 e. The Morgan fingerprint density at radius 1 is 1.29 bits per heavy atom. The Bertz CT molecular complexity index is 385. The van der Waals surface area contributed by atoms with Gasteiger partial charge in [-0.05, 0) is 17.2 Å². The van der Waals surface area contributed by atoms with Crippen molar-refractivity contribution in [3.8, 4) is 0 Å². The standard InChI is InChI=1S/C13H20O3S/c1-8(2)13(15,9(3)4)11-7-17-6-10(11)12(14)16-5/h6-9,15H,1-5H3. The number of hydrogen-bond acceptors (Lipinski definition) is 4. The van der Waals surface area contributed by atoms with Crippen LogP contribution in [-0.2, 0) is 10.3 Å². The summed E-state index contributed by atoms with van der Waals surface area (Å²) >= 11 is 1.41. The van der Waals surface area contributed by atoms with Gasteiger partial charge in [-0.15, -0.1) is 0 Å². The predicted octanol–water partition coefficient (Wildman–Crippen LogP) is 3.03. The minimum Gasteiger partial charge on any atom is -0.465 e. The zero-order valence-electron chi connectivity index (χ0n) is 11.0. The fourth-order valence-corrected chi connectivity index (χ4v) is 3.04. The summed E-state index contributed by atoms with van der Waals surface area (Å²) in [5.41, 5.74) is 0.158. The van der Waals surface area contributed by atoms with Crippen molar-refractivity contribution in [3.63, 3.8) is 0 Å².